The summed E-state index contributed by atoms with van der Waals surface area (Å²) in [4.78, 5) is 2.11. The van der Waals surface area contributed by atoms with Gasteiger partial charge in [-0.25, -0.2) is 0 Å². The van der Waals surface area contributed by atoms with Gasteiger partial charge in [0, 0.05) is 11.0 Å². The Morgan fingerprint density at radius 3 is 2.81 bits per heavy atom. The highest BCUT2D eigenvalue weighted by molar-refractivity contribution is 9.10. The molecule has 0 aliphatic rings. The van der Waals surface area contributed by atoms with Gasteiger partial charge in [0.1, 0.15) is 11.8 Å². The van der Waals surface area contributed by atoms with Crippen LogP contribution in [0.25, 0.3) is 0 Å². The first kappa shape index (κ1) is 13.0. The molecule has 1 aromatic carbocycles. The van der Waals surface area contributed by atoms with Gasteiger partial charge in [0.15, 0.2) is 0 Å². The Kier molecular flexibility index (Phi) is 5.30. The minimum atomic E-state index is 0.577. The van der Waals surface area contributed by atoms with E-state index in [4.69, 9.17) is 10.00 Å². The molecule has 0 atom stereocenters. The molecule has 0 N–H and O–H groups in total. The first-order chi connectivity index (χ1) is 7.63. The molecule has 0 saturated heterocycles. The number of benzene rings is 1. The predicted molar refractivity (Wildman–Crippen MR) is 67.5 cm³/mol. The number of hydrogen-bond donors (Lipinski definition) is 0. The average molecular weight is 283 g/mol. The molecular weight excluding hydrogens is 268 g/mol. The minimum Gasteiger partial charge on any atom is -0.492 e. The van der Waals surface area contributed by atoms with Gasteiger partial charge in [-0.1, -0.05) is 15.9 Å². The van der Waals surface area contributed by atoms with Crippen molar-refractivity contribution in [1.82, 2.24) is 4.90 Å². The molecule has 16 heavy (non-hydrogen) atoms. The Morgan fingerprint density at radius 1 is 1.44 bits per heavy atom. The number of nitriles is 1. The average Bonchev–Trinajstić information content (AvgIpc) is 2.24. The number of nitrogens with zero attached hydrogens (tertiary/aromatic N) is 2. The molecule has 0 bridgehead atoms. The minimum absolute atomic E-state index is 0.577. The smallest absolute Gasteiger partial charge is 0.138 e. The fraction of sp³-hybridized carbons (Fsp3) is 0.417. The summed E-state index contributed by atoms with van der Waals surface area (Å²) in [5.41, 5.74) is 0.577. The summed E-state index contributed by atoms with van der Waals surface area (Å²) in [6.45, 7) is 1.61. The van der Waals surface area contributed by atoms with Gasteiger partial charge >= 0.3 is 0 Å². The van der Waals surface area contributed by atoms with E-state index in [9.17, 15) is 0 Å². The van der Waals surface area contributed by atoms with E-state index in [0.29, 0.717) is 17.9 Å². The van der Waals surface area contributed by atoms with Gasteiger partial charge in [-0.05, 0) is 38.7 Å². The second-order valence-electron chi connectivity index (χ2n) is 3.76. The van der Waals surface area contributed by atoms with Crippen LogP contribution in [0, 0.1) is 11.3 Å². The van der Waals surface area contributed by atoms with E-state index in [0.717, 1.165) is 17.4 Å². The molecule has 0 unspecified atom stereocenters. The first-order valence-corrected chi connectivity index (χ1v) is 5.90. The molecule has 1 aromatic rings. The van der Waals surface area contributed by atoms with Gasteiger partial charge in [-0.3, -0.25) is 0 Å². The Balaban J connectivity index is 2.53. The summed E-state index contributed by atoms with van der Waals surface area (Å²) >= 11 is 3.36. The summed E-state index contributed by atoms with van der Waals surface area (Å²) in [5.74, 6) is 0.649. The summed E-state index contributed by atoms with van der Waals surface area (Å²) < 4.78 is 6.51. The molecule has 0 amide bonds. The van der Waals surface area contributed by atoms with Crippen molar-refractivity contribution < 1.29 is 4.74 Å². The second-order valence-corrected chi connectivity index (χ2v) is 4.67. The van der Waals surface area contributed by atoms with E-state index in [1.807, 2.05) is 26.2 Å². The number of ether oxygens (including phenoxy) is 1. The molecule has 0 radical (unpaired) electrons. The molecule has 4 heteroatoms. The third-order valence-electron chi connectivity index (χ3n) is 2.07. The molecule has 0 spiro atoms. The molecule has 0 heterocycles. The van der Waals surface area contributed by atoms with E-state index >= 15 is 0 Å². The van der Waals surface area contributed by atoms with Gasteiger partial charge in [-0.2, -0.15) is 5.26 Å². The maximum absolute atomic E-state index is 8.90. The third kappa shape index (κ3) is 4.21. The fourth-order valence-corrected chi connectivity index (χ4v) is 1.61. The molecule has 1 rings (SSSR count). The molecule has 0 aliphatic carbocycles. The van der Waals surface area contributed by atoms with Crippen LogP contribution in [0.4, 0.5) is 0 Å². The number of rotatable bonds is 5. The lowest BCUT2D eigenvalue weighted by Crippen LogP contribution is -2.15. The largest absolute Gasteiger partial charge is 0.492 e. The molecule has 0 aliphatic heterocycles. The van der Waals surface area contributed by atoms with Crippen LogP contribution in [0.3, 0.4) is 0 Å². The first-order valence-electron chi connectivity index (χ1n) is 5.10. The van der Waals surface area contributed by atoms with Crippen LogP contribution in [0.2, 0.25) is 0 Å². The second kappa shape index (κ2) is 6.51. The number of hydrogen-bond acceptors (Lipinski definition) is 3. The molecular formula is C12H15BrN2O. The van der Waals surface area contributed by atoms with Crippen LogP contribution >= 0.6 is 15.9 Å². The van der Waals surface area contributed by atoms with E-state index in [-0.39, 0.29) is 0 Å². The van der Waals surface area contributed by atoms with Crippen molar-refractivity contribution in [3.8, 4) is 11.8 Å². The Hall–Kier alpha value is -1.05. The van der Waals surface area contributed by atoms with Crippen LogP contribution < -0.4 is 4.74 Å². The number of halogens is 1. The Bertz CT molecular complexity index is 385. The highest BCUT2D eigenvalue weighted by Gasteiger charge is 2.03. The third-order valence-corrected chi connectivity index (χ3v) is 2.56. The van der Waals surface area contributed by atoms with Crippen LogP contribution in [-0.2, 0) is 0 Å². The van der Waals surface area contributed by atoms with Gasteiger partial charge in [0.25, 0.3) is 0 Å². The van der Waals surface area contributed by atoms with Gasteiger partial charge in [-0.15, -0.1) is 0 Å². The zero-order valence-electron chi connectivity index (χ0n) is 9.53. The van der Waals surface area contributed by atoms with Crippen molar-refractivity contribution in [3.05, 3.63) is 28.2 Å². The molecule has 3 nitrogen and oxygen atoms in total. The summed E-state index contributed by atoms with van der Waals surface area (Å²) in [5, 5.41) is 8.90. The highest BCUT2D eigenvalue weighted by Crippen LogP contribution is 2.23. The van der Waals surface area contributed by atoms with Crippen LogP contribution in [0.15, 0.2) is 22.7 Å². The normalized spacial score (nSPS) is 10.2. The van der Waals surface area contributed by atoms with Gasteiger partial charge in [0.05, 0.1) is 12.2 Å². The zero-order valence-corrected chi connectivity index (χ0v) is 11.1. The summed E-state index contributed by atoms with van der Waals surface area (Å²) in [6.07, 6.45) is 0.949. The van der Waals surface area contributed by atoms with Gasteiger partial charge < -0.3 is 9.64 Å². The standard InChI is InChI=1S/C12H15BrN2O/c1-15(2)6-3-7-16-12-8-11(13)5-4-10(12)9-14/h4-5,8H,3,6-7H2,1-2H3. The van der Waals surface area contributed by atoms with Crippen LogP contribution in [0.5, 0.6) is 5.75 Å². The van der Waals surface area contributed by atoms with Crippen LogP contribution in [0.1, 0.15) is 12.0 Å². The van der Waals surface area contributed by atoms with Crippen molar-refractivity contribution >= 4 is 15.9 Å². The lowest BCUT2D eigenvalue weighted by atomic mass is 10.2. The van der Waals surface area contributed by atoms with E-state index in [2.05, 4.69) is 26.9 Å². The summed E-state index contributed by atoms with van der Waals surface area (Å²) in [6, 6.07) is 7.54. The van der Waals surface area contributed by atoms with E-state index < -0.39 is 0 Å². The monoisotopic (exact) mass is 282 g/mol. The van der Waals surface area contributed by atoms with E-state index in [1.165, 1.54) is 0 Å². The lowest BCUT2D eigenvalue weighted by Gasteiger charge is -2.11. The molecule has 0 fully saturated rings. The molecule has 86 valence electrons. The maximum Gasteiger partial charge on any atom is 0.138 e. The lowest BCUT2D eigenvalue weighted by molar-refractivity contribution is 0.281. The van der Waals surface area contributed by atoms with Crippen LogP contribution in [-0.4, -0.2) is 32.1 Å². The summed E-state index contributed by atoms with van der Waals surface area (Å²) in [7, 11) is 4.06. The van der Waals surface area contributed by atoms with Crippen molar-refractivity contribution in [2.24, 2.45) is 0 Å². The molecule has 0 saturated carbocycles. The Labute approximate surface area is 105 Å². The van der Waals surface area contributed by atoms with E-state index in [1.54, 1.807) is 6.07 Å². The van der Waals surface area contributed by atoms with Crippen molar-refractivity contribution in [2.75, 3.05) is 27.2 Å². The topological polar surface area (TPSA) is 36.3 Å². The molecule has 0 aromatic heterocycles. The quantitative estimate of drug-likeness (QED) is 0.779. The van der Waals surface area contributed by atoms with Crippen molar-refractivity contribution in [3.63, 3.8) is 0 Å². The SMILES string of the molecule is CN(C)CCCOc1cc(Br)ccc1C#N. The Morgan fingerprint density at radius 2 is 2.19 bits per heavy atom. The maximum atomic E-state index is 8.90. The van der Waals surface area contributed by atoms with Crippen molar-refractivity contribution in [1.29, 1.82) is 5.26 Å². The van der Waals surface area contributed by atoms with Crippen molar-refractivity contribution in [2.45, 2.75) is 6.42 Å². The zero-order chi connectivity index (χ0) is 12.0. The predicted octanol–water partition coefficient (Wildman–Crippen LogP) is 2.65. The highest BCUT2D eigenvalue weighted by atomic mass is 79.9. The fourth-order valence-electron chi connectivity index (χ4n) is 1.27. The van der Waals surface area contributed by atoms with Gasteiger partial charge in [0.2, 0.25) is 0 Å².